The molecule has 0 radical (unpaired) electrons. The molecule has 0 amide bonds. The Balaban J connectivity index is 0. The maximum atomic E-state index is 5.37. The normalized spacial score (nSPS) is 12.3. The number of thiol groups is 2. The van der Waals surface area contributed by atoms with Crippen molar-refractivity contribution >= 4 is 49.2 Å². The first-order valence-electron chi connectivity index (χ1n) is 2.82. The molecule has 0 aliphatic heterocycles. The van der Waals surface area contributed by atoms with Crippen LogP contribution in [-0.4, -0.2) is 11.1 Å². The Labute approximate surface area is 85.0 Å². The summed E-state index contributed by atoms with van der Waals surface area (Å²) >= 11 is 8.08. The summed E-state index contributed by atoms with van der Waals surface area (Å²) < 4.78 is 0. The van der Waals surface area contributed by atoms with Crippen LogP contribution in [0.1, 0.15) is 19.3 Å². The smallest absolute Gasteiger partial charge is 0.0477 e. The standard InChI is InChI=1S/C5H13NS2.HI/c6-5(8)3-1-2-4-7;/h5,7-8H,1-4,6H2;1H. The lowest BCUT2D eigenvalue weighted by atomic mass is 10.2. The molecule has 9 heavy (non-hydrogen) atoms. The van der Waals surface area contributed by atoms with Crippen molar-refractivity contribution in [2.45, 2.75) is 24.6 Å². The zero-order valence-electron chi connectivity index (χ0n) is 5.29. The summed E-state index contributed by atoms with van der Waals surface area (Å²) in [6.07, 6.45) is 3.30. The Bertz CT molecular complexity index is 52.2. The Morgan fingerprint density at radius 3 is 2.22 bits per heavy atom. The van der Waals surface area contributed by atoms with E-state index in [4.69, 9.17) is 5.73 Å². The number of hydrogen-bond donors (Lipinski definition) is 3. The molecule has 1 atom stereocenters. The lowest BCUT2D eigenvalue weighted by Gasteiger charge is -2.00. The minimum atomic E-state index is 0. The summed E-state index contributed by atoms with van der Waals surface area (Å²) in [6, 6.07) is 0. The fourth-order valence-corrected chi connectivity index (χ4v) is 0.871. The van der Waals surface area contributed by atoms with Crippen LogP contribution in [0.3, 0.4) is 0 Å². The molecule has 58 valence electrons. The molecule has 0 saturated carbocycles. The van der Waals surface area contributed by atoms with Crippen LogP contribution in [0.2, 0.25) is 0 Å². The van der Waals surface area contributed by atoms with Gasteiger partial charge in [-0.15, -0.1) is 24.0 Å². The van der Waals surface area contributed by atoms with Gasteiger partial charge in [-0.05, 0) is 18.6 Å². The molecule has 0 rings (SSSR count). The summed E-state index contributed by atoms with van der Waals surface area (Å²) in [5.41, 5.74) is 5.37. The van der Waals surface area contributed by atoms with Crippen molar-refractivity contribution in [1.29, 1.82) is 0 Å². The number of unbranched alkanes of at least 4 members (excludes halogenated alkanes) is 1. The first-order chi connectivity index (χ1) is 3.77. The van der Waals surface area contributed by atoms with Crippen molar-refractivity contribution in [3.63, 3.8) is 0 Å². The van der Waals surface area contributed by atoms with Crippen molar-refractivity contribution in [3.05, 3.63) is 0 Å². The second kappa shape index (κ2) is 9.39. The molecule has 0 aromatic heterocycles. The number of halogens is 1. The van der Waals surface area contributed by atoms with E-state index in [1.807, 2.05) is 0 Å². The van der Waals surface area contributed by atoms with Gasteiger partial charge in [0.15, 0.2) is 0 Å². The van der Waals surface area contributed by atoms with E-state index >= 15 is 0 Å². The van der Waals surface area contributed by atoms with E-state index in [1.54, 1.807) is 0 Å². The van der Waals surface area contributed by atoms with E-state index in [0.717, 1.165) is 25.0 Å². The van der Waals surface area contributed by atoms with Crippen molar-refractivity contribution in [3.8, 4) is 0 Å². The number of rotatable bonds is 4. The van der Waals surface area contributed by atoms with Gasteiger partial charge in [0.25, 0.3) is 0 Å². The fourth-order valence-electron chi connectivity index (χ4n) is 0.465. The molecule has 0 fully saturated rings. The lowest BCUT2D eigenvalue weighted by Crippen LogP contribution is -2.10. The highest BCUT2D eigenvalue weighted by Gasteiger charge is 1.91. The summed E-state index contributed by atoms with van der Waals surface area (Å²) in [7, 11) is 0. The minimum Gasteiger partial charge on any atom is -0.320 e. The van der Waals surface area contributed by atoms with Gasteiger partial charge in [-0.25, -0.2) is 0 Å². The first kappa shape index (κ1) is 13.0. The third kappa shape index (κ3) is 12.6. The van der Waals surface area contributed by atoms with Gasteiger partial charge in [0.2, 0.25) is 0 Å². The highest BCUT2D eigenvalue weighted by molar-refractivity contribution is 14.0. The fraction of sp³-hybridized carbons (Fsp3) is 1.00. The molecule has 4 heteroatoms. The quantitative estimate of drug-likeness (QED) is 0.312. The molecular weight excluding hydrogens is 265 g/mol. The van der Waals surface area contributed by atoms with Gasteiger partial charge in [-0.1, -0.05) is 6.42 Å². The predicted molar refractivity (Wildman–Crippen MR) is 60.1 cm³/mol. The van der Waals surface area contributed by atoms with Gasteiger partial charge in [0.05, 0.1) is 0 Å². The van der Waals surface area contributed by atoms with E-state index in [2.05, 4.69) is 25.3 Å². The second-order valence-electron chi connectivity index (χ2n) is 1.79. The minimum absolute atomic E-state index is 0. The van der Waals surface area contributed by atoms with Crippen LogP contribution in [0.4, 0.5) is 0 Å². The highest BCUT2D eigenvalue weighted by atomic mass is 127. The number of hydrogen-bond acceptors (Lipinski definition) is 3. The summed E-state index contributed by atoms with van der Waals surface area (Å²) in [4.78, 5) is 0. The zero-order valence-corrected chi connectivity index (χ0v) is 9.41. The lowest BCUT2D eigenvalue weighted by molar-refractivity contribution is 0.707. The van der Waals surface area contributed by atoms with Gasteiger partial charge in [-0.3, -0.25) is 0 Å². The van der Waals surface area contributed by atoms with Crippen LogP contribution >= 0.6 is 49.2 Å². The monoisotopic (exact) mass is 279 g/mol. The highest BCUT2D eigenvalue weighted by Crippen LogP contribution is 2.01. The second-order valence-corrected chi connectivity index (χ2v) is 2.90. The summed E-state index contributed by atoms with van der Waals surface area (Å²) in [6.45, 7) is 0. The van der Waals surface area contributed by atoms with E-state index in [0.29, 0.717) is 0 Å². The Kier molecular flexibility index (Phi) is 13.6. The molecule has 0 aliphatic carbocycles. The number of nitrogens with two attached hydrogens (primary N) is 1. The Hall–Kier alpha value is 1.39. The summed E-state index contributed by atoms with van der Waals surface area (Å²) in [5.74, 6) is 0.959. The van der Waals surface area contributed by atoms with Crippen LogP contribution in [0.15, 0.2) is 0 Å². The van der Waals surface area contributed by atoms with Gasteiger partial charge in [-0.2, -0.15) is 25.3 Å². The van der Waals surface area contributed by atoms with Crippen molar-refractivity contribution in [1.82, 2.24) is 0 Å². The van der Waals surface area contributed by atoms with E-state index in [1.165, 1.54) is 0 Å². The molecule has 0 aliphatic rings. The van der Waals surface area contributed by atoms with Crippen LogP contribution in [0.5, 0.6) is 0 Å². The molecule has 2 N–H and O–H groups in total. The average Bonchev–Trinajstić information content (AvgIpc) is 1.66. The zero-order chi connectivity index (χ0) is 6.41. The van der Waals surface area contributed by atoms with Crippen LogP contribution in [0.25, 0.3) is 0 Å². The van der Waals surface area contributed by atoms with Crippen LogP contribution in [-0.2, 0) is 0 Å². The largest absolute Gasteiger partial charge is 0.320 e. The van der Waals surface area contributed by atoms with Crippen molar-refractivity contribution in [2.24, 2.45) is 5.73 Å². The van der Waals surface area contributed by atoms with Gasteiger partial charge in [0, 0.05) is 5.37 Å². The Morgan fingerprint density at radius 2 is 1.89 bits per heavy atom. The Morgan fingerprint density at radius 1 is 1.33 bits per heavy atom. The maximum Gasteiger partial charge on any atom is 0.0477 e. The molecule has 0 saturated heterocycles. The predicted octanol–water partition coefficient (Wildman–Crippen LogP) is 1.92. The molecule has 0 aromatic rings. The van der Waals surface area contributed by atoms with E-state index in [9.17, 15) is 0 Å². The molecule has 1 unspecified atom stereocenters. The molecule has 0 heterocycles. The van der Waals surface area contributed by atoms with Crippen LogP contribution < -0.4 is 5.73 Å². The first-order valence-corrected chi connectivity index (χ1v) is 3.96. The molecule has 0 bridgehead atoms. The SMILES string of the molecule is I.NC(S)CCCCS. The molecule has 1 nitrogen and oxygen atoms in total. The third-order valence-corrected chi connectivity index (χ3v) is 1.48. The van der Waals surface area contributed by atoms with Crippen LogP contribution in [0, 0.1) is 0 Å². The summed E-state index contributed by atoms with van der Waals surface area (Å²) in [5, 5.41) is 0.0647. The topological polar surface area (TPSA) is 26.0 Å². The molecule has 0 aromatic carbocycles. The van der Waals surface area contributed by atoms with Crippen molar-refractivity contribution in [2.75, 3.05) is 5.75 Å². The van der Waals surface area contributed by atoms with Gasteiger partial charge >= 0.3 is 0 Å². The van der Waals surface area contributed by atoms with Crippen molar-refractivity contribution < 1.29 is 0 Å². The molecule has 0 spiro atoms. The average molecular weight is 279 g/mol. The third-order valence-electron chi connectivity index (χ3n) is 0.908. The molecular formula is C5H14INS2. The van der Waals surface area contributed by atoms with E-state index < -0.39 is 0 Å². The van der Waals surface area contributed by atoms with E-state index in [-0.39, 0.29) is 29.4 Å². The van der Waals surface area contributed by atoms with Gasteiger partial charge < -0.3 is 5.73 Å². The maximum absolute atomic E-state index is 5.37. The van der Waals surface area contributed by atoms with Gasteiger partial charge in [0.1, 0.15) is 0 Å².